The van der Waals surface area contributed by atoms with Crippen molar-refractivity contribution in [3.8, 4) is 0 Å². The number of anilines is 2. The first-order valence-corrected chi connectivity index (χ1v) is 9.90. The molecule has 0 spiro atoms. The lowest BCUT2D eigenvalue weighted by Crippen LogP contribution is -2.31. The molecule has 29 heavy (non-hydrogen) atoms. The molecule has 0 radical (unpaired) electrons. The van der Waals surface area contributed by atoms with Crippen LogP contribution < -0.4 is 10.2 Å². The molecule has 1 saturated heterocycles. The maximum atomic E-state index is 12.9. The van der Waals surface area contributed by atoms with Crippen molar-refractivity contribution in [2.24, 2.45) is 17.8 Å². The number of carbonyl (C=O) groups excluding carboxylic acids is 3. The van der Waals surface area contributed by atoms with Gasteiger partial charge in [-0.2, -0.15) is 0 Å². The molecule has 3 atom stereocenters. The Morgan fingerprint density at radius 2 is 1.72 bits per heavy atom. The van der Waals surface area contributed by atoms with E-state index in [9.17, 15) is 14.4 Å². The number of allylic oxidation sites excluding steroid dienone is 2. The Bertz CT molecular complexity index is 1020. The SMILES string of the molecule is Cc1ccc(NC(=O)c2ccc(N3C(=O)[C@H]4[C@H](C)C=CC[C@@H]4C3=O)cc2)cc1C. The van der Waals surface area contributed by atoms with Crippen molar-refractivity contribution in [1.82, 2.24) is 0 Å². The zero-order chi connectivity index (χ0) is 20.7. The van der Waals surface area contributed by atoms with E-state index in [1.165, 1.54) is 4.90 Å². The number of fused-ring (bicyclic) bond motifs is 1. The van der Waals surface area contributed by atoms with E-state index in [4.69, 9.17) is 0 Å². The summed E-state index contributed by atoms with van der Waals surface area (Å²) in [7, 11) is 0. The fraction of sp³-hybridized carbons (Fsp3) is 0.292. The molecule has 2 aliphatic rings. The smallest absolute Gasteiger partial charge is 0.255 e. The quantitative estimate of drug-likeness (QED) is 0.631. The van der Waals surface area contributed by atoms with Crippen LogP contribution in [0.3, 0.4) is 0 Å². The van der Waals surface area contributed by atoms with Crippen LogP contribution in [0, 0.1) is 31.6 Å². The highest BCUT2D eigenvalue weighted by atomic mass is 16.2. The van der Waals surface area contributed by atoms with E-state index < -0.39 is 0 Å². The number of carbonyl (C=O) groups is 3. The third-order valence-corrected chi connectivity index (χ3v) is 6.03. The number of nitrogens with zero attached hydrogens (tertiary/aromatic N) is 1. The molecule has 1 aliphatic carbocycles. The van der Waals surface area contributed by atoms with Gasteiger partial charge in [-0.1, -0.05) is 25.1 Å². The van der Waals surface area contributed by atoms with Gasteiger partial charge in [0.25, 0.3) is 5.91 Å². The standard InChI is InChI=1S/C24H24N2O3/c1-14-7-10-18(13-16(14)3)25-22(27)17-8-11-19(12-9-17)26-23(28)20-6-4-5-15(2)21(20)24(26)29/h4-5,7-13,15,20-21H,6H2,1-3H3,(H,25,27)/t15-,20+,21+/m1/s1. The minimum absolute atomic E-state index is 0.0539. The average Bonchev–Trinajstić information content (AvgIpc) is 2.96. The Morgan fingerprint density at radius 3 is 2.38 bits per heavy atom. The second-order valence-electron chi connectivity index (χ2n) is 7.97. The number of rotatable bonds is 3. The molecule has 148 valence electrons. The van der Waals surface area contributed by atoms with Crippen LogP contribution in [0.15, 0.2) is 54.6 Å². The number of hydrogen-bond donors (Lipinski definition) is 1. The number of benzene rings is 2. The van der Waals surface area contributed by atoms with E-state index in [1.54, 1.807) is 24.3 Å². The molecule has 1 aliphatic heterocycles. The number of hydrogen-bond acceptors (Lipinski definition) is 3. The van der Waals surface area contributed by atoms with Crippen LogP contribution in [0.4, 0.5) is 11.4 Å². The number of aryl methyl sites for hydroxylation is 2. The third-order valence-electron chi connectivity index (χ3n) is 6.03. The minimum atomic E-state index is -0.291. The fourth-order valence-corrected chi connectivity index (χ4v) is 4.19. The van der Waals surface area contributed by atoms with Crippen molar-refractivity contribution in [2.75, 3.05) is 10.2 Å². The molecule has 2 aromatic rings. The van der Waals surface area contributed by atoms with Crippen molar-refractivity contribution in [3.05, 3.63) is 71.3 Å². The predicted octanol–water partition coefficient (Wildman–Crippen LogP) is 4.26. The summed E-state index contributed by atoms with van der Waals surface area (Å²) >= 11 is 0. The summed E-state index contributed by atoms with van der Waals surface area (Å²) in [6.45, 7) is 5.99. The highest BCUT2D eigenvalue weighted by Gasteiger charge is 2.50. The van der Waals surface area contributed by atoms with Gasteiger partial charge in [-0.3, -0.25) is 19.3 Å². The first-order valence-electron chi connectivity index (χ1n) is 9.90. The van der Waals surface area contributed by atoms with Gasteiger partial charge in [0, 0.05) is 11.3 Å². The van der Waals surface area contributed by atoms with Gasteiger partial charge in [-0.15, -0.1) is 0 Å². The van der Waals surface area contributed by atoms with Gasteiger partial charge in [-0.25, -0.2) is 0 Å². The molecule has 0 aromatic heterocycles. The molecule has 1 N–H and O–H groups in total. The molecular formula is C24H24N2O3. The molecule has 1 heterocycles. The van der Waals surface area contributed by atoms with Crippen molar-refractivity contribution in [3.63, 3.8) is 0 Å². The van der Waals surface area contributed by atoms with Crippen LogP contribution in [0.1, 0.15) is 34.8 Å². The summed E-state index contributed by atoms with van der Waals surface area (Å²) in [6.07, 6.45) is 4.60. The Morgan fingerprint density at radius 1 is 1.00 bits per heavy atom. The predicted molar refractivity (Wildman–Crippen MR) is 113 cm³/mol. The summed E-state index contributed by atoms with van der Waals surface area (Å²) in [6, 6.07) is 12.4. The Balaban J connectivity index is 1.52. The molecule has 4 rings (SSSR count). The zero-order valence-corrected chi connectivity index (χ0v) is 16.8. The molecule has 5 nitrogen and oxygen atoms in total. The first-order chi connectivity index (χ1) is 13.9. The van der Waals surface area contributed by atoms with Gasteiger partial charge >= 0.3 is 0 Å². The number of nitrogens with one attached hydrogen (secondary N) is 1. The Kier molecular flexibility index (Phi) is 4.82. The molecular weight excluding hydrogens is 364 g/mol. The number of imide groups is 1. The Hall–Kier alpha value is -3.21. The highest BCUT2D eigenvalue weighted by molar-refractivity contribution is 6.22. The summed E-state index contributed by atoms with van der Waals surface area (Å²) in [5.41, 5.74) is 3.99. The second kappa shape index (κ2) is 7.32. The fourth-order valence-electron chi connectivity index (χ4n) is 4.19. The van der Waals surface area contributed by atoms with Gasteiger partial charge in [0.05, 0.1) is 17.5 Å². The Labute approximate surface area is 170 Å². The van der Waals surface area contributed by atoms with E-state index in [0.29, 0.717) is 17.7 Å². The first kappa shape index (κ1) is 19.1. The van der Waals surface area contributed by atoms with Crippen LogP contribution in [0.5, 0.6) is 0 Å². The highest BCUT2D eigenvalue weighted by Crippen LogP contribution is 2.40. The van der Waals surface area contributed by atoms with Crippen LogP contribution in [0.25, 0.3) is 0 Å². The van der Waals surface area contributed by atoms with Crippen LogP contribution in [-0.4, -0.2) is 17.7 Å². The van der Waals surface area contributed by atoms with Crippen molar-refractivity contribution in [1.29, 1.82) is 0 Å². The molecule has 0 bridgehead atoms. The molecule has 0 saturated carbocycles. The van der Waals surface area contributed by atoms with Gasteiger partial charge in [0.2, 0.25) is 11.8 Å². The lowest BCUT2D eigenvalue weighted by Gasteiger charge is -2.22. The van der Waals surface area contributed by atoms with Gasteiger partial charge in [0.1, 0.15) is 0 Å². The normalized spacial score (nSPS) is 23.3. The third kappa shape index (κ3) is 3.37. The maximum absolute atomic E-state index is 12.9. The van der Waals surface area contributed by atoms with Gasteiger partial charge in [0.15, 0.2) is 0 Å². The van der Waals surface area contributed by atoms with Crippen molar-refractivity contribution < 1.29 is 14.4 Å². The summed E-state index contributed by atoms with van der Waals surface area (Å²) in [4.78, 5) is 39.5. The minimum Gasteiger partial charge on any atom is -0.322 e. The van der Waals surface area contributed by atoms with E-state index in [-0.39, 0.29) is 35.5 Å². The second-order valence-corrected chi connectivity index (χ2v) is 7.97. The van der Waals surface area contributed by atoms with Crippen LogP contribution in [0.2, 0.25) is 0 Å². The van der Waals surface area contributed by atoms with Gasteiger partial charge in [-0.05, 0) is 73.7 Å². The number of amides is 3. The molecule has 3 amide bonds. The van der Waals surface area contributed by atoms with Crippen LogP contribution >= 0.6 is 0 Å². The van der Waals surface area contributed by atoms with Crippen molar-refractivity contribution >= 4 is 29.1 Å². The maximum Gasteiger partial charge on any atom is 0.255 e. The van der Waals surface area contributed by atoms with E-state index in [0.717, 1.165) is 16.8 Å². The average molecular weight is 388 g/mol. The van der Waals surface area contributed by atoms with E-state index >= 15 is 0 Å². The molecule has 5 heteroatoms. The summed E-state index contributed by atoms with van der Waals surface area (Å²) in [5, 5.41) is 2.88. The summed E-state index contributed by atoms with van der Waals surface area (Å²) in [5.74, 6) is -1.05. The molecule has 2 aromatic carbocycles. The molecule has 0 unspecified atom stereocenters. The molecule has 1 fully saturated rings. The topological polar surface area (TPSA) is 66.5 Å². The lowest BCUT2D eigenvalue weighted by molar-refractivity contribution is -0.122. The lowest BCUT2D eigenvalue weighted by atomic mass is 9.78. The van der Waals surface area contributed by atoms with E-state index in [2.05, 4.69) is 5.32 Å². The van der Waals surface area contributed by atoms with Gasteiger partial charge < -0.3 is 5.32 Å². The van der Waals surface area contributed by atoms with Crippen molar-refractivity contribution in [2.45, 2.75) is 27.2 Å². The largest absolute Gasteiger partial charge is 0.322 e. The summed E-state index contributed by atoms with van der Waals surface area (Å²) < 4.78 is 0. The van der Waals surface area contributed by atoms with E-state index in [1.807, 2.05) is 51.1 Å². The zero-order valence-electron chi connectivity index (χ0n) is 16.8. The monoisotopic (exact) mass is 388 g/mol. The van der Waals surface area contributed by atoms with Crippen LogP contribution in [-0.2, 0) is 9.59 Å².